The SMILES string of the molecule is CS(=O)(=O)N(CC(=O)NN=C1CCN(Cc2ccccc2)CC1)c1cccc(Cl)c1Cl. The van der Waals surface area contributed by atoms with Crippen molar-refractivity contribution in [2.45, 2.75) is 19.4 Å². The number of benzene rings is 2. The minimum Gasteiger partial charge on any atom is -0.298 e. The molecule has 0 bridgehead atoms. The van der Waals surface area contributed by atoms with Gasteiger partial charge in [0.15, 0.2) is 0 Å². The van der Waals surface area contributed by atoms with E-state index < -0.39 is 22.5 Å². The number of nitrogens with zero attached hydrogens (tertiary/aromatic N) is 3. The zero-order valence-electron chi connectivity index (χ0n) is 17.1. The van der Waals surface area contributed by atoms with E-state index in [1.807, 2.05) is 18.2 Å². The van der Waals surface area contributed by atoms with Gasteiger partial charge in [0.25, 0.3) is 5.91 Å². The van der Waals surface area contributed by atoms with Crippen LogP contribution in [0.25, 0.3) is 0 Å². The van der Waals surface area contributed by atoms with Crippen LogP contribution in [0.15, 0.2) is 53.6 Å². The van der Waals surface area contributed by atoms with Gasteiger partial charge in [0, 0.05) is 38.2 Å². The number of amides is 1. The van der Waals surface area contributed by atoms with E-state index in [4.69, 9.17) is 23.2 Å². The second-order valence-corrected chi connectivity index (χ2v) is 10.0. The smallest absolute Gasteiger partial charge is 0.260 e. The molecular formula is C21H24Cl2N4O3S. The molecule has 10 heteroatoms. The lowest BCUT2D eigenvalue weighted by molar-refractivity contribution is -0.119. The van der Waals surface area contributed by atoms with Crippen LogP contribution >= 0.6 is 23.2 Å². The number of likely N-dealkylation sites (tertiary alicyclic amines) is 1. The highest BCUT2D eigenvalue weighted by Crippen LogP contribution is 2.33. The summed E-state index contributed by atoms with van der Waals surface area (Å²) in [6.45, 7) is 2.12. The largest absolute Gasteiger partial charge is 0.298 e. The minimum atomic E-state index is -3.76. The van der Waals surface area contributed by atoms with Gasteiger partial charge in [-0.05, 0) is 17.7 Å². The number of anilines is 1. The third kappa shape index (κ3) is 6.67. The lowest BCUT2D eigenvalue weighted by atomic mass is 10.1. The maximum absolute atomic E-state index is 12.4. The van der Waals surface area contributed by atoms with Crippen LogP contribution in [0.3, 0.4) is 0 Å². The minimum absolute atomic E-state index is 0.0690. The molecule has 1 amide bonds. The van der Waals surface area contributed by atoms with Gasteiger partial charge in [-0.25, -0.2) is 13.8 Å². The van der Waals surface area contributed by atoms with E-state index in [2.05, 4.69) is 27.6 Å². The molecule has 1 saturated heterocycles. The fourth-order valence-corrected chi connectivity index (χ4v) is 4.60. The van der Waals surface area contributed by atoms with E-state index in [0.717, 1.165) is 48.7 Å². The molecule has 0 radical (unpaired) electrons. The van der Waals surface area contributed by atoms with E-state index in [1.54, 1.807) is 12.1 Å². The van der Waals surface area contributed by atoms with Crippen molar-refractivity contribution in [1.29, 1.82) is 0 Å². The molecular weight excluding hydrogens is 459 g/mol. The molecule has 31 heavy (non-hydrogen) atoms. The normalized spacial score (nSPS) is 14.9. The third-order valence-electron chi connectivity index (χ3n) is 4.91. The Kier molecular flexibility index (Phi) is 7.94. The van der Waals surface area contributed by atoms with Crippen LogP contribution < -0.4 is 9.73 Å². The van der Waals surface area contributed by atoms with Gasteiger partial charge < -0.3 is 0 Å². The standard InChI is InChI=1S/C21H24Cl2N4O3S/c1-31(29,30)27(19-9-5-8-18(22)21(19)23)15-20(28)25-24-17-10-12-26(13-11-17)14-16-6-3-2-4-7-16/h2-9H,10-15H2,1H3,(H,25,28). The molecule has 1 fully saturated rings. The van der Waals surface area contributed by atoms with Gasteiger partial charge >= 0.3 is 0 Å². The van der Waals surface area contributed by atoms with Gasteiger partial charge in [0.05, 0.1) is 22.0 Å². The number of halogens is 2. The molecule has 0 saturated carbocycles. The molecule has 0 aliphatic carbocycles. The van der Waals surface area contributed by atoms with Gasteiger partial charge in [-0.1, -0.05) is 59.6 Å². The number of hydrazone groups is 1. The van der Waals surface area contributed by atoms with Crippen molar-refractivity contribution in [3.63, 3.8) is 0 Å². The molecule has 1 aliphatic rings. The zero-order chi connectivity index (χ0) is 22.4. The van der Waals surface area contributed by atoms with Crippen LogP contribution in [0.1, 0.15) is 18.4 Å². The number of carbonyl (C=O) groups is 1. The second-order valence-electron chi connectivity index (χ2n) is 7.32. The lowest BCUT2D eigenvalue weighted by Crippen LogP contribution is -2.40. The molecule has 0 aromatic heterocycles. The van der Waals surface area contributed by atoms with Gasteiger partial charge in [-0.2, -0.15) is 5.10 Å². The maximum atomic E-state index is 12.4. The van der Waals surface area contributed by atoms with E-state index in [9.17, 15) is 13.2 Å². The van der Waals surface area contributed by atoms with E-state index in [-0.39, 0.29) is 15.7 Å². The number of nitrogens with one attached hydrogen (secondary N) is 1. The van der Waals surface area contributed by atoms with Crippen LogP contribution in [0.4, 0.5) is 5.69 Å². The number of rotatable bonds is 7. The molecule has 1 heterocycles. The summed E-state index contributed by atoms with van der Waals surface area (Å²) in [6.07, 6.45) is 2.48. The fraction of sp³-hybridized carbons (Fsp3) is 0.333. The molecule has 0 unspecified atom stereocenters. The van der Waals surface area contributed by atoms with Crippen LogP contribution in [0.2, 0.25) is 10.0 Å². The summed E-state index contributed by atoms with van der Waals surface area (Å²) in [5.74, 6) is -0.555. The van der Waals surface area contributed by atoms with Gasteiger partial charge in [0.2, 0.25) is 10.0 Å². The highest BCUT2D eigenvalue weighted by molar-refractivity contribution is 7.92. The topological polar surface area (TPSA) is 82.1 Å². The van der Waals surface area contributed by atoms with Crippen molar-refractivity contribution in [2.75, 3.05) is 30.2 Å². The zero-order valence-corrected chi connectivity index (χ0v) is 19.4. The Hall–Kier alpha value is -2.13. The highest BCUT2D eigenvalue weighted by atomic mass is 35.5. The van der Waals surface area contributed by atoms with Gasteiger partial charge in [-0.15, -0.1) is 0 Å². The summed E-state index contributed by atoms with van der Waals surface area (Å²) in [5, 5.41) is 4.48. The number of hydrogen-bond acceptors (Lipinski definition) is 5. The summed E-state index contributed by atoms with van der Waals surface area (Å²) in [6, 6.07) is 14.9. The lowest BCUT2D eigenvalue weighted by Gasteiger charge is -2.27. The Morgan fingerprint density at radius 3 is 2.42 bits per heavy atom. The van der Waals surface area contributed by atoms with E-state index in [1.165, 1.54) is 11.6 Å². The first kappa shape index (κ1) is 23.5. The molecule has 166 valence electrons. The molecule has 0 spiro atoms. The summed E-state index contributed by atoms with van der Waals surface area (Å²) >= 11 is 12.1. The Bertz CT molecular complexity index is 1050. The average Bonchev–Trinajstić information content (AvgIpc) is 2.74. The second kappa shape index (κ2) is 10.5. The Morgan fingerprint density at radius 1 is 1.10 bits per heavy atom. The van der Waals surface area contributed by atoms with Crippen LogP contribution in [-0.2, 0) is 21.4 Å². The maximum Gasteiger partial charge on any atom is 0.260 e. The van der Waals surface area contributed by atoms with Crippen molar-refractivity contribution in [1.82, 2.24) is 10.3 Å². The first-order chi connectivity index (χ1) is 14.7. The summed E-state index contributed by atoms with van der Waals surface area (Å²) < 4.78 is 25.4. The number of carbonyl (C=O) groups excluding carboxylic acids is 1. The Labute approximate surface area is 192 Å². The molecule has 0 atom stereocenters. The fourth-order valence-electron chi connectivity index (χ4n) is 3.30. The van der Waals surface area contributed by atoms with Crippen molar-refractivity contribution in [3.8, 4) is 0 Å². The van der Waals surface area contributed by atoms with Gasteiger partial charge in [-0.3, -0.25) is 14.0 Å². The van der Waals surface area contributed by atoms with Gasteiger partial charge in [0.1, 0.15) is 6.54 Å². The van der Waals surface area contributed by atoms with Crippen LogP contribution in [-0.4, -0.2) is 50.8 Å². The molecule has 2 aromatic rings. The number of sulfonamides is 1. The monoisotopic (exact) mass is 482 g/mol. The van der Waals surface area contributed by atoms with E-state index in [0.29, 0.717) is 0 Å². The molecule has 2 aromatic carbocycles. The van der Waals surface area contributed by atoms with E-state index >= 15 is 0 Å². The molecule has 3 rings (SSSR count). The van der Waals surface area contributed by atoms with Crippen LogP contribution in [0, 0.1) is 0 Å². The number of piperidine rings is 1. The highest BCUT2D eigenvalue weighted by Gasteiger charge is 2.24. The Morgan fingerprint density at radius 2 is 1.77 bits per heavy atom. The van der Waals surface area contributed by atoms with Crippen molar-refractivity contribution < 1.29 is 13.2 Å². The first-order valence-corrected chi connectivity index (χ1v) is 12.4. The van der Waals surface area contributed by atoms with Crippen molar-refractivity contribution in [3.05, 3.63) is 64.1 Å². The van der Waals surface area contributed by atoms with Crippen molar-refractivity contribution >= 4 is 50.5 Å². The predicted molar refractivity (Wildman–Crippen MR) is 125 cm³/mol. The molecule has 1 N–H and O–H groups in total. The average molecular weight is 483 g/mol. The van der Waals surface area contributed by atoms with Crippen LogP contribution in [0.5, 0.6) is 0 Å². The summed E-state index contributed by atoms with van der Waals surface area (Å²) in [5.41, 5.74) is 4.76. The first-order valence-electron chi connectivity index (χ1n) is 9.76. The summed E-state index contributed by atoms with van der Waals surface area (Å²) in [4.78, 5) is 14.7. The summed E-state index contributed by atoms with van der Waals surface area (Å²) in [7, 11) is -3.76. The third-order valence-corrected chi connectivity index (χ3v) is 6.84. The molecule has 1 aliphatic heterocycles. The quantitative estimate of drug-likeness (QED) is 0.611. The van der Waals surface area contributed by atoms with Crippen molar-refractivity contribution in [2.24, 2.45) is 5.10 Å². The number of hydrogen-bond donors (Lipinski definition) is 1. The molecule has 7 nitrogen and oxygen atoms in total. The Balaban J connectivity index is 1.57. The predicted octanol–water partition coefficient (Wildman–Crippen LogP) is 3.53.